The first-order valence-electron chi connectivity index (χ1n) is 8.83. The first kappa shape index (κ1) is 19.9. The number of rotatable bonds is 6. The molecule has 7 heteroatoms. The van der Waals surface area contributed by atoms with Crippen molar-refractivity contribution >= 4 is 17.7 Å². The highest BCUT2D eigenvalue weighted by molar-refractivity contribution is 7.99. The maximum atomic E-state index is 10.9. The molecule has 0 amide bonds. The first-order chi connectivity index (χ1) is 13.3. The Morgan fingerprint density at radius 1 is 1.07 bits per heavy atom. The molecule has 0 saturated carbocycles. The minimum absolute atomic E-state index is 0.0533. The second-order valence-corrected chi connectivity index (χ2v) is 8.27. The van der Waals surface area contributed by atoms with E-state index in [0.29, 0.717) is 11.0 Å². The number of carboxylic acid groups (broad SMARTS) is 1. The van der Waals surface area contributed by atoms with Gasteiger partial charge in [0, 0.05) is 17.0 Å². The number of carbonyl (C=O) groups excluding carboxylic acids is 1. The SMILES string of the molecule is COc1ccc(-n2c(SCC(=O)[O-])nnc2-c2ccc(C(C)(C)C)cc2)cc1. The van der Waals surface area contributed by atoms with Crippen molar-refractivity contribution in [3.05, 3.63) is 54.1 Å². The molecular weight excluding hydrogens is 374 g/mol. The molecule has 0 aliphatic carbocycles. The van der Waals surface area contributed by atoms with E-state index in [1.165, 1.54) is 5.56 Å². The Balaban J connectivity index is 2.06. The van der Waals surface area contributed by atoms with Crippen LogP contribution in [0.3, 0.4) is 0 Å². The van der Waals surface area contributed by atoms with Crippen LogP contribution in [0.2, 0.25) is 0 Å². The molecule has 0 aliphatic heterocycles. The van der Waals surface area contributed by atoms with Crippen LogP contribution in [0, 0.1) is 0 Å². The fourth-order valence-electron chi connectivity index (χ4n) is 2.76. The number of methoxy groups -OCH3 is 1. The zero-order valence-electron chi connectivity index (χ0n) is 16.3. The molecular formula is C21H22N3O3S-. The highest BCUT2D eigenvalue weighted by Crippen LogP contribution is 2.30. The third-order valence-corrected chi connectivity index (χ3v) is 5.19. The van der Waals surface area contributed by atoms with Gasteiger partial charge in [-0.25, -0.2) is 0 Å². The topological polar surface area (TPSA) is 80.1 Å². The summed E-state index contributed by atoms with van der Waals surface area (Å²) in [4.78, 5) is 10.9. The minimum Gasteiger partial charge on any atom is -0.549 e. The van der Waals surface area contributed by atoms with Crippen LogP contribution in [-0.4, -0.2) is 33.6 Å². The molecule has 0 radical (unpaired) electrons. The van der Waals surface area contributed by atoms with Crippen LogP contribution in [-0.2, 0) is 10.2 Å². The largest absolute Gasteiger partial charge is 0.549 e. The molecule has 2 aromatic carbocycles. The Morgan fingerprint density at radius 3 is 2.25 bits per heavy atom. The zero-order chi connectivity index (χ0) is 20.3. The number of carboxylic acids is 1. The molecule has 0 fully saturated rings. The second-order valence-electron chi connectivity index (χ2n) is 7.33. The van der Waals surface area contributed by atoms with Crippen molar-refractivity contribution in [2.75, 3.05) is 12.9 Å². The highest BCUT2D eigenvalue weighted by atomic mass is 32.2. The quantitative estimate of drug-likeness (QED) is 0.596. The smallest absolute Gasteiger partial charge is 0.196 e. The number of carbonyl (C=O) groups is 1. The van der Waals surface area contributed by atoms with E-state index in [-0.39, 0.29) is 11.2 Å². The van der Waals surface area contributed by atoms with Crippen molar-refractivity contribution in [2.45, 2.75) is 31.3 Å². The Labute approximate surface area is 168 Å². The molecule has 0 saturated heterocycles. The Morgan fingerprint density at radius 2 is 1.71 bits per heavy atom. The number of benzene rings is 2. The van der Waals surface area contributed by atoms with Gasteiger partial charge in [-0.3, -0.25) is 4.57 Å². The summed E-state index contributed by atoms with van der Waals surface area (Å²) in [6.45, 7) is 6.49. The highest BCUT2D eigenvalue weighted by Gasteiger charge is 2.18. The van der Waals surface area contributed by atoms with Crippen molar-refractivity contribution in [2.24, 2.45) is 0 Å². The van der Waals surface area contributed by atoms with E-state index < -0.39 is 5.97 Å². The summed E-state index contributed by atoms with van der Waals surface area (Å²) in [5, 5.41) is 19.9. The average Bonchev–Trinajstić information content (AvgIpc) is 3.09. The van der Waals surface area contributed by atoms with Gasteiger partial charge in [-0.15, -0.1) is 10.2 Å². The third kappa shape index (κ3) is 4.36. The second kappa shape index (κ2) is 8.06. The summed E-state index contributed by atoms with van der Waals surface area (Å²) in [6, 6.07) is 15.6. The van der Waals surface area contributed by atoms with Gasteiger partial charge in [0.1, 0.15) is 5.75 Å². The molecule has 3 aromatic rings. The first-order valence-corrected chi connectivity index (χ1v) is 9.81. The number of thioether (sulfide) groups is 1. The van der Waals surface area contributed by atoms with E-state index in [4.69, 9.17) is 4.74 Å². The third-order valence-electron chi connectivity index (χ3n) is 4.29. The lowest BCUT2D eigenvalue weighted by Crippen LogP contribution is -2.24. The molecule has 0 atom stereocenters. The number of aromatic nitrogens is 3. The summed E-state index contributed by atoms with van der Waals surface area (Å²) >= 11 is 1.08. The Kier molecular flexibility index (Phi) is 5.74. The van der Waals surface area contributed by atoms with Crippen LogP contribution in [0.5, 0.6) is 5.75 Å². The molecule has 28 heavy (non-hydrogen) atoms. The molecule has 1 heterocycles. The van der Waals surface area contributed by atoms with E-state index in [9.17, 15) is 9.90 Å². The van der Waals surface area contributed by atoms with Crippen LogP contribution >= 0.6 is 11.8 Å². The molecule has 1 aromatic heterocycles. The van der Waals surface area contributed by atoms with Crippen molar-refractivity contribution in [3.8, 4) is 22.8 Å². The Hall–Kier alpha value is -2.80. The standard InChI is InChI=1S/C21H23N3O3S/c1-21(2,3)15-7-5-14(6-8-15)19-22-23-20(28-13-18(25)26)24(19)16-9-11-17(27-4)12-10-16/h5-12H,13H2,1-4H3,(H,25,26)/p-1. The van der Waals surface area contributed by atoms with Gasteiger partial charge in [0.25, 0.3) is 0 Å². The van der Waals surface area contributed by atoms with Crippen LogP contribution in [0.15, 0.2) is 53.7 Å². The van der Waals surface area contributed by atoms with Gasteiger partial charge >= 0.3 is 0 Å². The van der Waals surface area contributed by atoms with Crippen molar-refractivity contribution in [1.82, 2.24) is 14.8 Å². The number of hydrogen-bond donors (Lipinski definition) is 0. The molecule has 3 rings (SSSR count). The van der Waals surface area contributed by atoms with E-state index >= 15 is 0 Å². The Bertz CT molecular complexity index is 958. The lowest BCUT2D eigenvalue weighted by Gasteiger charge is -2.19. The number of hydrogen-bond acceptors (Lipinski definition) is 6. The molecule has 0 aliphatic rings. The predicted octanol–water partition coefficient (Wildman–Crippen LogP) is 3.08. The van der Waals surface area contributed by atoms with Gasteiger partial charge < -0.3 is 14.6 Å². The number of aliphatic carboxylic acids is 1. The summed E-state index contributed by atoms with van der Waals surface area (Å²) in [7, 11) is 1.61. The van der Waals surface area contributed by atoms with Gasteiger partial charge in [-0.05, 0) is 35.2 Å². The zero-order valence-corrected chi connectivity index (χ0v) is 17.1. The predicted molar refractivity (Wildman–Crippen MR) is 108 cm³/mol. The van der Waals surface area contributed by atoms with E-state index in [1.54, 1.807) is 7.11 Å². The maximum Gasteiger partial charge on any atom is 0.196 e. The molecule has 0 bridgehead atoms. The van der Waals surface area contributed by atoms with Gasteiger partial charge in [0.15, 0.2) is 11.0 Å². The number of nitrogens with zero attached hydrogens (tertiary/aromatic N) is 3. The van der Waals surface area contributed by atoms with Crippen LogP contribution < -0.4 is 9.84 Å². The van der Waals surface area contributed by atoms with Crippen molar-refractivity contribution in [1.29, 1.82) is 0 Å². The van der Waals surface area contributed by atoms with E-state index in [2.05, 4.69) is 43.1 Å². The summed E-state index contributed by atoms with van der Waals surface area (Å²) in [5.74, 6) is 0.0331. The minimum atomic E-state index is -1.15. The lowest BCUT2D eigenvalue weighted by molar-refractivity contribution is -0.301. The van der Waals surface area contributed by atoms with Gasteiger partial charge in [-0.1, -0.05) is 56.8 Å². The fourth-order valence-corrected chi connectivity index (χ4v) is 3.42. The molecule has 6 nitrogen and oxygen atoms in total. The van der Waals surface area contributed by atoms with Crippen LogP contribution in [0.25, 0.3) is 17.1 Å². The molecule has 0 spiro atoms. The normalized spacial score (nSPS) is 11.4. The lowest BCUT2D eigenvalue weighted by atomic mass is 9.87. The van der Waals surface area contributed by atoms with Gasteiger partial charge in [0.05, 0.1) is 13.1 Å². The van der Waals surface area contributed by atoms with Crippen LogP contribution in [0.4, 0.5) is 0 Å². The summed E-state index contributed by atoms with van der Waals surface area (Å²) < 4.78 is 7.07. The fraction of sp³-hybridized carbons (Fsp3) is 0.286. The average molecular weight is 396 g/mol. The van der Waals surface area contributed by atoms with Crippen LogP contribution in [0.1, 0.15) is 26.3 Å². The summed E-state index contributed by atoms with van der Waals surface area (Å²) in [5.41, 5.74) is 2.99. The van der Waals surface area contributed by atoms with Gasteiger partial charge in [-0.2, -0.15) is 0 Å². The van der Waals surface area contributed by atoms with Gasteiger partial charge in [0.2, 0.25) is 0 Å². The van der Waals surface area contributed by atoms with Crippen molar-refractivity contribution < 1.29 is 14.6 Å². The maximum absolute atomic E-state index is 10.9. The molecule has 146 valence electrons. The summed E-state index contributed by atoms with van der Waals surface area (Å²) in [6.07, 6.45) is 0. The monoisotopic (exact) mass is 396 g/mol. The van der Waals surface area contributed by atoms with E-state index in [1.807, 2.05) is 41.0 Å². The van der Waals surface area contributed by atoms with Crippen molar-refractivity contribution in [3.63, 3.8) is 0 Å². The molecule has 0 N–H and O–H groups in total. The number of ether oxygens (including phenoxy) is 1. The van der Waals surface area contributed by atoms with E-state index in [0.717, 1.165) is 28.8 Å². The molecule has 0 unspecified atom stereocenters.